The summed E-state index contributed by atoms with van der Waals surface area (Å²) in [4.78, 5) is 22.4. The predicted molar refractivity (Wildman–Crippen MR) is 71.0 cm³/mol. The average Bonchev–Trinajstić information content (AvgIpc) is 3.06. The zero-order chi connectivity index (χ0) is 15.0. The number of nitrogens with one attached hydrogen (secondary N) is 1. The van der Waals surface area contributed by atoms with Gasteiger partial charge in [0.2, 0.25) is 5.91 Å². The monoisotopic (exact) mass is 285 g/mol. The summed E-state index contributed by atoms with van der Waals surface area (Å²) in [5, 5.41) is 22.1. The van der Waals surface area contributed by atoms with Crippen LogP contribution in [0.4, 0.5) is 0 Å². The minimum atomic E-state index is -0.890. The normalized spacial score (nSPS) is 38.6. The first-order valence-electron chi connectivity index (χ1n) is 7.25. The van der Waals surface area contributed by atoms with Gasteiger partial charge in [0.25, 0.3) is 0 Å². The van der Waals surface area contributed by atoms with Gasteiger partial charge in [-0.05, 0) is 12.8 Å². The molecule has 2 saturated carbocycles. The molecule has 3 N–H and O–H groups in total. The molecule has 2 fully saturated rings. The lowest BCUT2D eigenvalue weighted by Crippen LogP contribution is -2.50. The Morgan fingerprint density at radius 1 is 1.25 bits per heavy atom. The van der Waals surface area contributed by atoms with Gasteiger partial charge in [-0.3, -0.25) is 9.59 Å². The van der Waals surface area contributed by atoms with E-state index in [1.54, 1.807) is 0 Å². The molecule has 6 nitrogen and oxygen atoms in total. The van der Waals surface area contributed by atoms with Crippen molar-refractivity contribution in [2.45, 2.75) is 58.0 Å². The molecule has 0 aromatic carbocycles. The summed E-state index contributed by atoms with van der Waals surface area (Å²) in [7, 11) is 0. The number of carboxylic acids is 1. The third-order valence-corrected chi connectivity index (χ3v) is 4.54. The Labute approximate surface area is 118 Å². The van der Waals surface area contributed by atoms with Crippen molar-refractivity contribution in [1.29, 1.82) is 0 Å². The van der Waals surface area contributed by atoms with E-state index in [9.17, 15) is 14.7 Å². The molecule has 2 aliphatic rings. The molecule has 2 aliphatic carbocycles. The maximum Gasteiger partial charge on any atom is 0.307 e. The Morgan fingerprint density at radius 3 is 2.30 bits per heavy atom. The summed E-state index contributed by atoms with van der Waals surface area (Å²) in [5.41, 5.74) is 0. The Kier molecular flexibility index (Phi) is 4.34. The zero-order valence-electron chi connectivity index (χ0n) is 12.1. The molecule has 0 aromatic heterocycles. The highest BCUT2D eigenvalue weighted by Crippen LogP contribution is 2.58. The first-order valence-corrected chi connectivity index (χ1v) is 7.25. The van der Waals surface area contributed by atoms with Crippen LogP contribution in [0.25, 0.3) is 0 Å². The fourth-order valence-corrected chi connectivity index (χ4v) is 3.51. The van der Waals surface area contributed by atoms with Gasteiger partial charge in [-0.25, -0.2) is 0 Å². The van der Waals surface area contributed by atoms with E-state index < -0.39 is 30.1 Å². The van der Waals surface area contributed by atoms with E-state index in [1.807, 2.05) is 13.8 Å². The maximum absolute atomic E-state index is 11.3. The number of aliphatic carboxylic acids is 1. The Balaban J connectivity index is 2.13. The Morgan fingerprint density at radius 2 is 1.85 bits per heavy atom. The first kappa shape index (κ1) is 15.3. The third kappa shape index (κ3) is 2.54. The largest absolute Gasteiger partial charge is 0.481 e. The summed E-state index contributed by atoms with van der Waals surface area (Å²) in [6, 6.07) is -0.501. The third-order valence-electron chi connectivity index (χ3n) is 4.54. The molecule has 0 aliphatic heterocycles. The summed E-state index contributed by atoms with van der Waals surface area (Å²) in [5.74, 6) is -2.17. The standard InChI is InChI=1S/C14H23NO5/c1-4-7(5-2)20-13-9-8(10(9)14(18)19)12(17)11(13)15-6(3)16/h7-13,17H,4-5H2,1-3H3,(H,15,16)(H,18,19)/t8-,9+,10+,11+,12-,13+/m0/s1. The van der Waals surface area contributed by atoms with Gasteiger partial charge in [-0.1, -0.05) is 13.8 Å². The van der Waals surface area contributed by atoms with Crippen LogP contribution in [0.5, 0.6) is 0 Å². The highest BCUT2D eigenvalue weighted by molar-refractivity contribution is 5.76. The molecule has 0 radical (unpaired) electrons. The first-order chi connectivity index (χ1) is 9.42. The van der Waals surface area contributed by atoms with Crippen molar-refractivity contribution in [1.82, 2.24) is 5.32 Å². The second-order valence-corrected chi connectivity index (χ2v) is 5.77. The lowest BCUT2D eigenvalue weighted by molar-refractivity contribution is -0.142. The lowest BCUT2D eigenvalue weighted by Gasteiger charge is -2.30. The van der Waals surface area contributed by atoms with Crippen LogP contribution in [0, 0.1) is 17.8 Å². The van der Waals surface area contributed by atoms with Crippen LogP contribution in [-0.4, -0.2) is 46.4 Å². The molecule has 20 heavy (non-hydrogen) atoms. The second-order valence-electron chi connectivity index (χ2n) is 5.77. The van der Waals surface area contributed by atoms with Crippen LogP contribution in [0.3, 0.4) is 0 Å². The molecule has 0 unspecified atom stereocenters. The van der Waals surface area contributed by atoms with Gasteiger partial charge in [0, 0.05) is 18.8 Å². The smallest absolute Gasteiger partial charge is 0.307 e. The predicted octanol–water partition coefficient (Wildman–Crippen LogP) is 0.386. The molecule has 6 atom stereocenters. The van der Waals surface area contributed by atoms with Gasteiger partial charge < -0.3 is 20.3 Å². The number of hydrogen-bond acceptors (Lipinski definition) is 4. The van der Waals surface area contributed by atoms with Crippen molar-refractivity contribution in [3.63, 3.8) is 0 Å². The SMILES string of the molecule is CCC(CC)O[C@H]1[C@H](NC(C)=O)[C@@H](O)[C@@H]2[C@@H](C(=O)O)[C@H]12. The van der Waals surface area contributed by atoms with E-state index in [2.05, 4.69) is 5.32 Å². The molecule has 114 valence electrons. The minimum absolute atomic E-state index is 0.0252. The number of aliphatic hydroxyl groups is 1. The summed E-state index contributed by atoms with van der Waals surface area (Å²) in [6.45, 7) is 5.40. The Hall–Kier alpha value is -1.14. The van der Waals surface area contributed by atoms with Gasteiger partial charge in [0.15, 0.2) is 0 Å². The number of aliphatic hydroxyl groups excluding tert-OH is 1. The van der Waals surface area contributed by atoms with Crippen LogP contribution in [-0.2, 0) is 14.3 Å². The van der Waals surface area contributed by atoms with Crippen molar-refractivity contribution >= 4 is 11.9 Å². The van der Waals surface area contributed by atoms with E-state index in [4.69, 9.17) is 9.84 Å². The number of carbonyl (C=O) groups excluding carboxylic acids is 1. The number of fused-ring (bicyclic) bond motifs is 1. The number of amides is 1. The van der Waals surface area contributed by atoms with Gasteiger partial charge in [-0.2, -0.15) is 0 Å². The number of rotatable bonds is 6. The fourth-order valence-electron chi connectivity index (χ4n) is 3.51. The molecule has 0 aromatic rings. The van der Waals surface area contributed by atoms with Crippen molar-refractivity contribution in [2.24, 2.45) is 17.8 Å². The van der Waals surface area contributed by atoms with E-state index in [-0.39, 0.29) is 23.8 Å². The van der Waals surface area contributed by atoms with Crippen molar-refractivity contribution in [3.05, 3.63) is 0 Å². The van der Waals surface area contributed by atoms with E-state index in [0.29, 0.717) is 0 Å². The topological polar surface area (TPSA) is 95.9 Å². The van der Waals surface area contributed by atoms with Crippen molar-refractivity contribution in [3.8, 4) is 0 Å². The maximum atomic E-state index is 11.3. The van der Waals surface area contributed by atoms with Crippen LogP contribution in [0.15, 0.2) is 0 Å². The second kappa shape index (κ2) is 5.69. The highest BCUT2D eigenvalue weighted by atomic mass is 16.5. The number of carbonyl (C=O) groups is 2. The number of ether oxygens (including phenoxy) is 1. The van der Waals surface area contributed by atoms with Crippen molar-refractivity contribution < 1.29 is 24.5 Å². The van der Waals surface area contributed by atoms with Crippen LogP contribution in [0.2, 0.25) is 0 Å². The molecule has 1 amide bonds. The van der Waals surface area contributed by atoms with Crippen molar-refractivity contribution in [2.75, 3.05) is 0 Å². The average molecular weight is 285 g/mol. The number of hydrogen-bond donors (Lipinski definition) is 3. The van der Waals surface area contributed by atoms with E-state index in [1.165, 1.54) is 6.92 Å². The molecule has 0 spiro atoms. The molecular formula is C14H23NO5. The van der Waals surface area contributed by atoms with Crippen LogP contribution >= 0.6 is 0 Å². The van der Waals surface area contributed by atoms with Gasteiger partial charge in [0.1, 0.15) is 0 Å². The van der Waals surface area contributed by atoms with Crippen LogP contribution < -0.4 is 5.32 Å². The molecule has 0 saturated heterocycles. The summed E-state index contributed by atoms with van der Waals surface area (Å²) < 4.78 is 5.99. The molecule has 6 heteroatoms. The molecule has 0 bridgehead atoms. The van der Waals surface area contributed by atoms with E-state index >= 15 is 0 Å². The quantitative estimate of drug-likeness (QED) is 0.656. The van der Waals surface area contributed by atoms with Gasteiger partial charge in [-0.15, -0.1) is 0 Å². The van der Waals surface area contributed by atoms with Crippen LogP contribution in [0.1, 0.15) is 33.6 Å². The minimum Gasteiger partial charge on any atom is -0.481 e. The highest BCUT2D eigenvalue weighted by Gasteiger charge is 2.70. The number of carboxylic acid groups (broad SMARTS) is 1. The lowest BCUT2D eigenvalue weighted by atomic mass is 10.0. The summed E-state index contributed by atoms with van der Waals surface area (Å²) in [6.07, 6.45) is 0.419. The fraction of sp³-hybridized carbons (Fsp3) is 0.857. The van der Waals surface area contributed by atoms with E-state index in [0.717, 1.165) is 12.8 Å². The van der Waals surface area contributed by atoms with Gasteiger partial charge >= 0.3 is 5.97 Å². The summed E-state index contributed by atoms with van der Waals surface area (Å²) >= 11 is 0. The van der Waals surface area contributed by atoms with Gasteiger partial charge in [0.05, 0.1) is 30.3 Å². The Bertz CT molecular complexity index is 395. The molecule has 2 rings (SSSR count). The molecule has 0 heterocycles. The zero-order valence-corrected chi connectivity index (χ0v) is 12.1. The molecular weight excluding hydrogens is 262 g/mol.